The average Bonchev–Trinajstić information content (AvgIpc) is 1.81. The maximum absolute atomic E-state index is 5.79. The molecule has 0 fully saturated rings. The second-order valence-electron chi connectivity index (χ2n) is 4.86. The van der Waals surface area contributed by atoms with E-state index < -0.39 is 0 Å². The summed E-state index contributed by atoms with van der Waals surface area (Å²) in [6.07, 6.45) is 2.75. The van der Waals surface area contributed by atoms with Gasteiger partial charge >= 0.3 is 0 Å². The molecule has 0 saturated heterocycles. The SMILES string of the molecule is CC(C)CCC(C)(C)OC(C)C. The lowest BCUT2D eigenvalue weighted by Crippen LogP contribution is -2.28. The summed E-state index contributed by atoms with van der Waals surface area (Å²) in [6, 6.07) is 0. The summed E-state index contributed by atoms with van der Waals surface area (Å²) >= 11 is 0. The fourth-order valence-corrected chi connectivity index (χ4v) is 1.33. The lowest BCUT2D eigenvalue weighted by Gasteiger charge is -2.28. The minimum atomic E-state index is 0.0540. The first kappa shape index (κ1) is 12.0. The predicted molar refractivity (Wildman–Crippen MR) is 54.4 cm³/mol. The van der Waals surface area contributed by atoms with Crippen molar-refractivity contribution in [3.63, 3.8) is 0 Å². The molecule has 0 aromatic rings. The monoisotopic (exact) mass is 172 g/mol. The van der Waals surface area contributed by atoms with Crippen molar-refractivity contribution in [2.45, 2.75) is 66.1 Å². The number of ether oxygens (including phenoxy) is 1. The third kappa shape index (κ3) is 6.66. The zero-order valence-electron chi connectivity index (χ0n) is 9.48. The van der Waals surface area contributed by atoms with Crippen molar-refractivity contribution < 1.29 is 4.74 Å². The number of rotatable bonds is 5. The molecule has 0 amide bonds. The summed E-state index contributed by atoms with van der Waals surface area (Å²) in [5, 5.41) is 0. The Labute approximate surface area is 77.5 Å². The van der Waals surface area contributed by atoms with Crippen LogP contribution in [0.3, 0.4) is 0 Å². The first-order valence-electron chi connectivity index (χ1n) is 5.01. The highest BCUT2D eigenvalue weighted by molar-refractivity contribution is 4.70. The van der Waals surface area contributed by atoms with Crippen LogP contribution in [-0.4, -0.2) is 11.7 Å². The third-order valence-electron chi connectivity index (χ3n) is 1.88. The Morgan fingerprint density at radius 2 is 1.58 bits per heavy atom. The van der Waals surface area contributed by atoms with Gasteiger partial charge in [-0.05, 0) is 46.5 Å². The van der Waals surface area contributed by atoms with Gasteiger partial charge in [0.1, 0.15) is 0 Å². The van der Waals surface area contributed by atoms with E-state index in [4.69, 9.17) is 4.74 Å². The van der Waals surface area contributed by atoms with Crippen molar-refractivity contribution in [1.29, 1.82) is 0 Å². The van der Waals surface area contributed by atoms with Gasteiger partial charge in [0.15, 0.2) is 0 Å². The molecular formula is C11H24O. The molecule has 0 unspecified atom stereocenters. The van der Waals surface area contributed by atoms with E-state index in [0.717, 1.165) is 12.3 Å². The highest BCUT2D eigenvalue weighted by Crippen LogP contribution is 2.21. The quantitative estimate of drug-likeness (QED) is 0.615. The molecule has 0 bridgehead atoms. The van der Waals surface area contributed by atoms with Crippen molar-refractivity contribution in [2.24, 2.45) is 5.92 Å². The van der Waals surface area contributed by atoms with E-state index in [0.29, 0.717) is 6.10 Å². The number of hydrogen-bond acceptors (Lipinski definition) is 1. The molecule has 0 aliphatic carbocycles. The fraction of sp³-hybridized carbons (Fsp3) is 1.00. The molecule has 12 heavy (non-hydrogen) atoms. The Bertz CT molecular complexity index is 114. The van der Waals surface area contributed by atoms with Gasteiger partial charge in [-0.3, -0.25) is 0 Å². The van der Waals surface area contributed by atoms with Crippen LogP contribution in [0.25, 0.3) is 0 Å². The van der Waals surface area contributed by atoms with E-state index in [1.807, 2.05) is 0 Å². The molecule has 0 aliphatic rings. The highest BCUT2D eigenvalue weighted by atomic mass is 16.5. The van der Waals surface area contributed by atoms with E-state index in [1.54, 1.807) is 0 Å². The van der Waals surface area contributed by atoms with E-state index in [2.05, 4.69) is 41.5 Å². The van der Waals surface area contributed by atoms with Crippen LogP contribution >= 0.6 is 0 Å². The number of hydrogen-bond donors (Lipinski definition) is 0. The molecule has 0 N–H and O–H groups in total. The van der Waals surface area contributed by atoms with Gasteiger partial charge in [-0.15, -0.1) is 0 Å². The molecule has 0 saturated carbocycles. The minimum Gasteiger partial charge on any atom is -0.373 e. The molecule has 0 atom stereocenters. The average molecular weight is 172 g/mol. The Morgan fingerprint density at radius 1 is 1.08 bits per heavy atom. The summed E-state index contributed by atoms with van der Waals surface area (Å²) in [5.41, 5.74) is 0.0540. The molecular weight excluding hydrogens is 148 g/mol. The maximum Gasteiger partial charge on any atom is 0.0630 e. The van der Waals surface area contributed by atoms with Crippen LogP contribution in [0.15, 0.2) is 0 Å². The Kier molecular flexibility index (Phi) is 4.84. The molecule has 0 aliphatic heterocycles. The van der Waals surface area contributed by atoms with Gasteiger partial charge in [-0.1, -0.05) is 13.8 Å². The predicted octanol–water partition coefficient (Wildman–Crippen LogP) is 3.63. The van der Waals surface area contributed by atoms with E-state index in [1.165, 1.54) is 6.42 Å². The first-order valence-corrected chi connectivity index (χ1v) is 5.01. The Morgan fingerprint density at radius 3 is 1.92 bits per heavy atom. The summed E-state index contributed by atoms with van der Waals surface area (Å²) < 4.78 is 5.79. The molecule has 0 radical (unpaired) electrons. The fourth-order valence-electron chi connectivity index (χ4n) is 1.33. The molecule has 1 nitrogen and oxygen atoms in total. The maximum atomic E-state index is 5.79. The largest absolute Gasteiger partial charge is 0.373 e. The standard InChI is InChI=1S/C11H24O/c1-9(2)7-8-11(5,6)12-10(3)4/h9-10H,7-8H2,1-6H3. The second kappa shape index (κ2) is 4.86. The second-order valence-corrected chi connectivity index (χ2v) is 4.86. The van der Waals surface area contributed by atoms with Crippen LogP contribution in [0.5, 0.6) is 0 Å². The Hall–Kier alpha value is -0.0400. The third-order valence-corrected chi connectivity index (χ3v) is 1.88. The van der Waals surface area contributed by atoms with Crippen molar-refractivity contribution >= 4 is 0 Å². The van der Waals surface area contributed by atoms with Gasteiger partial charge in [0.2, 0.25) is 0 Å². The summed E-state index contributed by atoms with van der Waals surface area (Å²) in [5.74, 6) is 0.778. The van der Waals surface area contributed by atoms with E-state index >= 15 is 0 Å². The van der Waals surface area contributed by atoms with Gasteiger partial charge in [0, 0.05) is 0 Å². The van der Waals surface area contributed by atoms with Crippen LogP contribution < -0.4 is 0 Å². The molecule has 0 rings (SSSR count). The van der Waals surface area contributed by atoms with Gasteiger partial charge in [-0.25, -0.2) is 0 Å². The van der Waals surface area contributed by atoms with Crippen molar-refractivity contribution in [3.8, 4) is 0 Å². The van der Waals surface area contributed by atoms with Crippen LogP contribution in [0, 0.1) is 5.92 Å². The summed E-state index contributed by atoms with van der Waals surface area (Å²) in [7, 11) is 0. The van der Waals surface area contributed by atoms with Gasteiger partial charge in [0.25, 0.3) is 0 Å². The normalized spacial score (nSPS) is 13.0. The zero-order chi connectivity index (χ0) is 9.78. The molecule has 0 spiro atoms. The van der Waals surface area contributed by atoms with E-state index in [-0.39, 0.29) is 5.60 Å². The van der Waals surface area contributed by atoms with Crippen LogP contribution in [0.4, 0.5) is 0 Å². The smallest absolute Gasteiger partial charge is 0.0630 e. The molecule has 0 aromatic heterocycles. The first-order chi connectivity index (χ1) is 5.33. The van der Waals surface area contributed by atoms with Crippen molar-refractivity contribution in [2.75, 3.05) is 0 Å². The lowest BCUT2D eigenvalue weighted by atomic mass is 9.97. The van der Waals surface area contributed by atoms with Crippen LogP contribution in [-0.2, 0) is 4.74 Å². The summed E-state index contributed by atoms with van der Waals surface area (Å²) in [6.45, 7) is 13.1. The lowest BCUT2D eigenvalue weighted by molar-refractivity contribution is -0.0627. The topological polar surface area (TPSA) is 9.23 Å². The van der Waals surface area contributed by atoms with Crippen molar-refractivity contribution in [1.82, 2.24) is 0 Å². The highest BCUT2D eigenvalue weighted by Gasteiger charge is 2.19. The minimum absolute atomic E-state index is 0.0540. The zero-order valence-corrected chi connectivity index (χ0v) is 9.48. The molecule has 74 valence electrons. The van der Waals surface area contributed by atoms with Gasteiger partial charge in [0.05, 0.1) is 11.7 Å². The molecule has 0 aromatic carbocycles. The van der Waals surface area contributed by atoms with E-state index in [9.17, 15) is 0 Å². The van der Waals surface area contributed by atoms with Crippen LogP contribution in [0.2, 0.25) is 0 Å². The molecule has 1 heteroatoms. The summed E-state index contributed by atoms with van der Waals surface area (Å²) in [4.78, 5) is 0. The van der Waals surface area contributed by atoms with Gasteiger partial charge < -0.3 is 4.74 Å². The van der Waals surface area contributed by atoms with Crippen LogP contribution in [0.1, 0.15) is 54.4 Å². The Balaban J connectivity index is 3.71. The van der Waals surface area contributed by atoms with Crippen molar-refractivity contribution in [3.05, 3.63) is 0 Å². The van der Waals surface area contributed by atoms with Gasteiger partial charge in [-0.2, -0.15) is 0 Å². The molecule has 0 heterocycles.